The number of anilines is 1. The SMILES string of the molecule is C=NC(=O)C1(NCc2cc(Cl)c(OC3CCc4c(-c5cccc(NC(=O)c6nc7c(n6C)CCN(C)C7)c5Cl)cccc43)cc2OC)CC1. The summed E-state index contributed by atoms with van der Waals surface area (Å²) in [6.07, 6.45) is 3.59. The third-order valence-electron chi connectivity index (χ3n) is 9.93. The van der Waals surface area contributed by atoms with Gasteiger partial charge in [0.25, 0.3) is 11.8 Å². The Morgan fingerprint density at radius 2 is 1.86 bits per heavy atom. The number of nitrogens with zero attached hydrogens (tertiary/aromatic N) is 4. The van der Waals surface area contributed by atoms with E-state index in [-0.39, 0.29) is 17.9 Å². The van der Waals surface area contributed by atoms with E-state index in [1.165, 1.54) is 0 Å². The van der Waals surface area contributed by atoms with E-state index in [1.54, 1.807) is 13.2 Å². The first-order chi connectivity index (χ1) is 23.6. The number of aliphatic imine (C=N–C) groups is 1. The zero-order valence-electron chi connectivity index (χ0n) is 27.7. The molecule has 254 valence electrons. The molecule has 2 N–H and O–H groups in total. The molecule has 7 rings (SSSR count). The number of ether oxygens (including phenoxy) is 2. The maximum Gasteiger partial charge on any atom is 0.291 e. The van der Waals surface area contributed by atoms with Crippen molar-refractivity contribution in [3.63, 3.8) is 0 Å². The maximum atomic E-state index is 13.4. The molecule has 1 aromatic heterocycles. The van der Waals surface area contributed by atoms with Crippen LogP contribution in [0.3, 0.4) is 0 Å². The van der Waals surface area contributed by atoms with Gasteiger partial charge in [-0.1, -0.05) is 53.5 Å². The van der Waals surface area contributed by atoms with Crippen molar-refractivity contribution in [2.24, 2.45) is 12.0 Å². The standard InChI is InChI=1S/C37H38Cl2N6O4/c1-40-36(47)37(14-15-37)41-19-21-17-26(38)32(18-31(21)48-4)49-30-12-11-23-22(7-5-8-24(23)30)25-9-6-10-27(33(25)39)43-35(46)34-42-28-20-44(2)16-13-29(28)45(34)3/h5-10,17-18,30,41H,1,11-16,19-20H2,2-4H3,(H,43,46). The number of carbonyl (C=O) groups excluding carboxylic acids is 2. The summed E-state index contributed by atoms with van der Waals surface area (Å²) in [5.41, 5.74) is 6.72. The van der Waals surface area contributed by atoms with Gasteiger partial charge < -0.3 is 24.3 Å². The number of hydrogen-bond acceptors (Lipinski definition) is 7. The number of likely N-dealkylation sites (N-methyl/N-ethyl adjacent to an activating group) is 1. The summed E-state index contributed by atoms with van der Waals surface area (Å²) in [5, 5.41) is 7.23. The fourth-order valence-corrected chi connectivity index (χ4v) is 7.53. The number of benzene rings is 3. The second-order valence-electron chi connectivity index (χ2n) is 13.0. The molecule has 1 saturated carbocycles. The number of halogens is 2. The lowest BCUT2D eigenvalue weighted by atomic mass is 9.96. The molecule has 3 aliphatic rings. The van der Waals surface area contributed by atoms with Gasteiger partial charge in [0.1, 0.15) is 23.1 Å². The Morgan fingerprint density at radius 3 is 2.61 bits per heavy atom. The van der Waals surface area contributed by atoms with Gasteiger partial charge in [0, 0.05) is 56.0 Å². The van der Waals surface area contributed by atoms with Gasteiger partial charge in [-0.2, -0.15) is 0 Å². The van der Waals surface area contributed by atoms with Gasteiger partial charge >= 0.3 is 0 Å². The van der Waals surface area contributed by atoms with Crippen LogP contribution in [0.15, 0.2) is 53.5 Å². The van der Waals surface area contributed by atoms with E-state index < -0.39 is 5.54 Å². The first-order valence-corrected chi connectivity index (χ1v) is 17.1. The average Bonchev–Trinajstić information content (AvgIpc) is 3.68. The van der Waals surface area contributed by atoms with Crippen molar-refractivity contribution < 1.29 is 19.1 Å². The van der Waals surface area contributed by atoms with Crippen molar-refractivity contribution in [2.45, 2.75) is 56.8 Å². The molecular formula is C37H38Cl2N6O4. The number of aromatic nitrogens is 2. The number of hydrogen-bond donors (Lipinski definition) is 2. The predicted octanol–water partition coefficient (Wildman–Crippen LogP) is 6.56. The molecule has 0 bridgehead atoms. The molecule has 1 atom stereocenters. The van der Waals surface area contributed by atoms with E-state index in [0.29, 0.717) is 39.6 Å². The van der Waals surface area contributed by atoms with Crippen LogP contribution in [-0.2, 0) is 37.8 Å². The van der Waals surface area contributed by atoms with E-state index in [2.05, 4.69) is 45.3 Å². The van der Waals surface area contributed by atoms with Crippen molar-refractivity contribution in [3.05, 3.63) is 92.5 Å². The molecule has 4 aromatic rings. The van der Waals surface area contributed by atoms with Gasteiger partial charge in [0.05, 0.1) is 28.5 Å². The smallest absolute Gasteiger partial charge is 0.291 e. The van der Waals surface area contributed by atoms with Crippen LogP contribution >= 0.6 is 23.2 Å². The van der Waals surface area contributed by atoms with E-state index in [0.717, 1.165) is 84.4 Å². The third-order valence-corrected chi connectivity index (χ3v) is 10.6. The summed E-state index contributed by atoms with van der Waals surface area (Å²) in [6, 6.07) is 15.4. The van der Waals surface area contributed by atoms with Crippen LogP contribution < -0.4 is 20.1 Å². The van der Waals surface area contributed by atoms with Gasteiger partial charge in [-0.3, -0.25) is 14.9 Å². The summed E-state index contributed by atoms with van der Waals surface area (Å²) in [6.45, 7) is 5.42. The van der Waals surface area contributed by atoms with Crippen molar-refractivity contribution in [3.8, 4) is 22.6 Å². The predicted molar refractivity (Wildman–Crippen MR) is 191 cm³/mol. The number of imidazole rings is 1. The molecule has 0 saturated heterocycles. The minimum Gasteiger partial charge on any atom is -0.496 e. The molecule has 10 nitrogen and oxygen atoms in total. The minimum atomic E-state index is -0.649. The molecule has 2 heterocycles. The average molecular weight is 702 g/mol. The lowest BCUT2D eigenvalue weighted by molar-refractivity contribution is -0.120. The number of carbonyl (C=O) groups is 2. The monoisotopic (exact) mass is 700 g/mol. The molecule has 49 heavy (non-hydrogen) atoms. The molecule has 1 aliphatic heterocycles. The van der Waals surface area contributed by atoms with E-state index in [9.17, 15) is 9.59 Å². The van der Waals surface area contributed by atoms with Crippen LogP contribution in [0, 0.1) is 0 Å². The molecule has 2 amide bonds. The van der Waals surface area contributed by atoms with E-state index >= 15 is 0 Å². The van der Waals surface area contributed by atoms with Crippen molar-refractivity contribution in [1.82, 2.24) is 19.8 Å². The Morgan fingerprint density at radius 1 is 1.08 bits per heavy atom. The van der Waals surface area contributed by atoms with Gasteiger partial charge in [-0.05, 0) is 68.3 Å². The first-order valence-electron chi connectivity index (χ1n) is 16.4. The maximum absolute atomic E-state index is 13.4. The van der Waals surface area contributed by atoms with Gasteiger partial charge in [0.2, 0.25) is 0 Å². The second-order valence-corrected chi connectivity index (χ2v) is 13.8. The summed E-state index contributed by atoms with van der Waals surface area (Å²) in [5.74, 6) is 0.950. The highest BCUT2D eigenvalue weighted by atomic mass is 35.5. The number of amides is 2. The topological polar surface area (TPSA) is 110 Å². The zero-order chi connectivity index (χ0) is 34.4. The Hall–Kier alpha value is -4.22. The normalized spacial score (nSPS) is 17.6. The Kier molecular flexibility index (Phi) is 9.00. The molecule has 1 unspecified atom stereocenters. The number of nitrogens with one attached hydrogen (secondary N) is 2. The fraction of sp³-hybridized carbons (Fsp3) is 0.351. The Labute approximate surface area is 295 Å². The summed E-state index contributed by atoms with van der Waals surface area (Å²) >= 11 is 13.8. The fourth-order valence-electron chi connectivity index (χ4n) is 7.02. The van der Waals surface area contributed by atoms with Crippen LogP contribution in [-0.4, -0.2) is 59.2 Å². The van der Waals surface area contributed by atoms with Gasteiger partial charge in [0.15, 0.2) is 5.82 Å². The van der Waals surface area contributed by atoms with Crippen LogP contribution in [0.25, 0.3) is 11.1 Å². The molecule has 0 radical (unpaired) electrons. The van der Waals surface area contributed by atoms with Crippen molar-refractivity contribution in [2.75, 3.05) is 26.0 Å². The Bertz CT molecular complexity index is 1990. The number of rotatable bonds is 10. The third kappa shape index (κ3) is 6.23. The lowest BCUT2D eigenvalue weighted by Gasteiger charge is -2.21. The van der Waals surface area contributed by atoms with Crippen molar-refractivity contribution in [1.29, 1.82) is 0 Å². The van der Waals surface area contributed by atoms with Crippen LogP contribution in [0.4, 0.5) is 5.69 Å². The van der Waals surface area contributed by atoms with Gasteiger partial charge in [-0.15, -0.1) is 0 Å². The lowest BCUT2D eigenvalue weighted by Crippen LogP contribution is -2.37. The number of methoxy groups -OCH3 is 1. The van der Waals surface area contributed by atoms with E-state index in [1.807, 2.05) is 48.0 Å². The van der Waals surface area contributed by atoms with Crippen molar-refractivity contribution >= 4 is 47.4 Å². The molecule has 0 spiro atoms. The quantitative estimate of drug-likeness (QED) is 0.180. The molecule has 3 aromatic carbocycles. The summed E-state index contributed by atoms with van der Waals surface area (Å²) < 4.78 is 14.1. The largest absolute Gasteiger partial charge is 0.496 e. The molecule has 12 heteroatoms. The number of fused-ring (bicyclic) bond motifs is 2. The minimum absolute atomic E-state index is 0.234. The summed E-state index contributed by atoms with van der Waals surface area (Å²) in [7, 11) is 5.54. The molecular weight excluding hydrogens is 663 g/mol. The highest BCUT2D eigenvalue weighted by Crippen LogP contribution is 2.45. The van der Waals surface area contributed by atoms with E-state index in [4.69, 9.17) is 32.7 Å². The second kappa shape index (κ2) is 13.2. The summed E-state index contributed by atoms with van der Waals surface area (Å²) in [4.78, 5) is 36.1. The highest BCUT2D eigenvalue weighted by Gasteiger charge is 2.49. The van der Waals surface area contributed by atoms with Gasteiger partial charge in [-0.25, -0.2) is 9.98 Å². The van der Waals surface area contributed by atoms with Crippen LogP contribution in [0.1, 0.15) is 64.1 Å². The van der Waals surface area contributed by atoms with Crippen LogP contribution in [0.5, 0.6) is 11.5 Å². The Balaban J connectivity index is 1.10. The zero-order valence-corrected chi connectivity index (χ0v) is 29.2. The van der Waals surface area contributed by atoms with Crippen LogP contribution in [0.2, 0.25) is 10.0 Å². The molecule has 1 fully saturated rings. The first kappa shape index (κ1) is 33.3. The molecule has 2 aliphatic carbocycles. The highest BCUT2D eigenvalue weighted by molar-refractivity contribution is 6.36.